The number of nitrogens with two attached hydrogens (primary N) is 1. The molecule has 2 nitrogen and oxygen atoms in total. The number of thiol groups is 1. The number of fused-ring (bicyclic) bond motifs is 1. The molecule has 0 radical (unpaired) electrons. The summed E-state index contributed by atoms with van der Waals surface area (Å²) in [5.74, 6) is 0. The first-order valence-corrected chi connectivity index (χ1v) is 4.90. The maximum atomic E-state index is 8.85. The predicted octanol–water partition coefficient (Wildman–Crippen LogP) is 2.64. The monoisotopic (exact) mass is 206 g/mol. The maximum Gasteiger partial charge on any atom is 0.102 e. The fraction of sp³-hybridized carbons (Fsp3) is 0. The third-order valence-corrected chi connectivity index (χ3v) is 3.26. The molecule has 1 heterocycles. The third-order valence-electron chi connectivity index (χ3n) is 1.81. The molecule has 0 bridgehead atoms. The first-order chi connectivity index (χ1) is 6.22. The van der Waals surface area contributed by atoms with Crippen molar-refractivity contribution in [3.8, 4) is 6.07 Å². The van der Waals surface area contributed by atoms with E-state index in [-0.39, 0.29) is 0 Å². The molecule has 0 saturated carbocycles. The van der Waals surface area contributed by atoms with Gasteiger partial charge in [0.25, 0.3) is 0 Å². The minimum Gasteiger partial charge on any atom is -0.399 e. The summed E-state index contributed by atoms with van der Waals surface area (Å²) in [4.78, 5) is 0. The Balaban J connectivity index is 2.88. The average molecular weight is 206 g/mol. The van der Waals surface area contributed by atoms with Gasteiger partial charge in [-0.1, -0.05) is 6.07 Å². The minimum atomic E-state index is 0.642. The van der Waals surface area contributed by atoms with Crippen LogP contribution in [0, 0.1) is 11.3 Å². The number of benzene rings is 1. The highest BCUT2D eigenvalue weighted by molar-refractivity contribution is 7.83. The van der Waals surface area contributed by atoms with Gasteiger partial charge < -0.3 is 5.73 Å². The second-order valence-electron chi connectivity index (χ2n) is 2.65. The molecule has 1 aromatic heterocycles. The largest absolute Gasteiger partial charge is 0.399 e. The van der Waals surface area contributed by atoms with Crippen LogP contribution in [0.1, 0.15) is 5.56 Å². The number of nitrogen functional groups attached to an aromatic ring is 1. The average Bonchev–Trinajstić information content (AvgIpc) is 2.39. The van der Waals surface area contributed by atoms with E-state index in [1.165, 1.54) is 11.3 Å². The molecule has 0 saturated heterocycles. The minimum absolute atomic E-state index is 0.642. The van der Waals surface area contributed by atoms with Crippen molar-refractivity contribution in [3.63, 3.8) is 0 Å². The first-order valence-electron chi connectivity index (χ1n) is 3.63. The highest BCUT2D eigenvalue weighted by Crippen LogP contribution is 2.34. The van der Waals surface area contributed by atoms with Gasteiger partial charge in [0.15, 0.2) is 0 Å². The van der Waals surface area contributed by atoms with Crippen molar-refractivity contribution in [1.82, 2.24) is 0 Å². The summed E-state index contributed by atoms with van der Waals surface area (Å²) in [6, 6.07) is 7.65. The number of anilines is 1. The second kappa shape index (κ2) is 2.95. The lowest BCUT2D eigenvalue weighted by molar-refractivity contribution is 1.48. The summed E-state index contributed by atoms with van der Waals surface area (Å²) in [6.45, 7) is 0. The van der Waals surface area contributed by atoms with E-state index in [9.17, 15) is 0 Å². The Bertz CT molecular complexity index is 508. The van der Waals surface area contributed by atoms with Gasteiger partial charge in [-0.2, -0.15) is 5.26 Å². The zero-order valence-electron chi connectivity index (χ0n) is 6.61. The molecule has 4 heteroatoms. The molecular weight excluding hydrogens is 200 g/mol. The van der Waals surface area contributed by atoms with E-state index < -0.39 is 0 Å². The number of hydrogen-bond acceptors (Lipinski definition) is 4. The van der Waals surface area contributed by atoms with Gasteiger partial charge in [0.1, 0.15) is 6.07 Å². The van der Waals surface area contributed by atoms with Crippen molar-refractivity contribution in [2.24, 2.45) is 0 Å². The van der Waals surface area contributed by atoms with E-state index in [4.69, 9.17) is 11.0 Å². The number of nitrogens with zero attached hydrogens (tertiary/aromatic N) is 1. The van der Waals surface area contributed by atoms with Crippen molar-refractivity contribution < 1.29 is 0 Å². The number of nitriles is 1. The van der Waals surface area contributed by atoms with Crippen LogP contribution < -0.4 is 5.73 Å². The summed E-state index contributed by atoms with van der Waals surface area (Å²) in [6.07, 6.45) is 0. The predicted molar refractivity (Wildman–Crippen MR) is 58.2 cm³/mol. The molecule has 2 N–H and O–H groups in total. The van der Waals surface area contributed by atoms with Gasteiger partial charge in [0.2, 0.25) is 0 Å². The molecule has 13 heavy (non-hydrogen) atoms. The van der Waals surface area contributed by atoms with Crippen LogP contribution in [0.4, 0.5) is 5.69 Å². The first kappa shape index (κ1) is 8.42. The van der Waals surface area contributed by atoms with Crippen LogP contribution in [0.15, 0.2) is 22.4 Å². The molecule has 64 valence electrons. The normalized spacial score (nSPS) is 10.2. The van der Waals surface area contributed by atoms with E-state index in [2.05, 4.69) is 18.7 Å². The van der Waals surface area contributed by atoms with Crippen LogP contribution in [0.2, 0.25) is 0 Å². The lowest BCUT2D eigenvalue weighted by atomic mass is 10.2. The SMILES string of the molecule is N#Cc1c(S)sc2cc(N)ccc12. The Morgan fingerprint density at radius 3 is 2.92 bits per heavy atom. The van der Waals surface area contributed by atoms with Gasteiger partial charge >= 0.3 is 0 Å². The number of hydrogen-bond donors (Lipinski definition) is 2. The lowest BCUT2D eigenvalue weighted by Crippen LogP contribution is -1.81. The Hall–Kier alpha value is -1.18. The van der Waals surface area contributed by atoms with Gasteiger partial charge in [0.05, 0.1) is 9.77 Å². The van der Waals surface area contributed by atoms with Crippen molar-refractivity contribution in [2.75, 3.05) is 5.73 Å². The summed E-state index contributed by atoms with van der Waals surface area (Å²) in [7, 11) is 0. The van der Waals surface area contributed by atoms with Crippen LogP contribution in [-0.4, -0.2) is 0 Å². The van der Waals surface area contributed by atoms with Crippen LogP contribution in [0.3, 0.4) is 0 Å². The Morgan fingerprint density at radius 2 is 2.23 bits per heavy atom. The number of rotatable bonds is 0. The fourth-order valence-electron chi connectivity index (χ4n) is 1.21. The number of thiophene rings is 1. The highest BCUT2D eigenvalue weighted by Gasteiger charge is 2.08. The van der Waals surface area contributed by atoms with E-state index >= 15 is 0 Å². The zero-order valence-corrected chi connectivity index (χ0v) is 8.32. The molecule has 1 aromatic carbocycles. The Morgan fingerprint density at radius 1 is 1.46 bits per heavy atom. The standard InChI is InChI=1S/C9H6N2S2/c10-4-7-6-2-1-5(11)3-8(6)13-9(7)12/h1-3,12H,11H2. The van der Waals surface area contributed by atoms with Gasteiger partial charge in [-0.15, -0.1) is 24.0 Å². The van der Waals surface area contributed by atoms with Crippen LogP contribution in [0.5, 0.6) is 0 Å². The molecule has 0 fully saturated rings. The van der Waals surface area contributed by atoms with Crippen molar-refractivity contribution in [2.45, 2.75) is 4.21 Å². The van der Waals surface area contributed by atoms with Gasteiger partial charge in [-0.3, -0.25) is 0 Å². The topological polar surface area (TPSA) is 49.8 Å². The molecule has 0 unspecified atom stereocenters. The van der Waals surface area contributed by atoms with Crippen molar-refractivity contribution in [3.05, 3.63) is 23.8 Å². The van der Waals surface area contributed by atoms with Gasteiger partial charge in [-0.05, 0) is 12.1 Å². The molecule has 0 aliphatic heterocycles. The zero-order chi connectivity index (χ0) is 9.42. The lowest BCUT2D eigenvalue weighted by Gasteiger charge is -1.91. The quantitative estimate of drug-likeness (QED) is 0.514. The van der Waals surface area contributed by atoms with Crippen molar-refractivity contribution in [1.29, 1.82) is 5.26 Å². The van der Waals surface area contributed by atoms with Gasteiger partial charge in [-0.25, -0.2) is 0 Å². The van der Waals surface area contributed by atoms with Crippen LogP contribution >= 0.6 is 24.0 Å². The Labute approximate surface area is 85.0 Å². The fourth-order valence-corrected chi connectivity index (χ4v) is 2.61. The molecule has 0 spiro atoms. The van der Waals surface area contributed by atoms with Crippen LogP contribution in [0.25, 0.3) is 10.1 Å². The van der Waals surface area contributed by atoms with Crippen LogP contribution in [-0.2, 0) is 0 Å². The van der Waals surface area contributed by atoms with E-state index in [1.54, 1.807) is 6.07 Å². The second-order valence-corrected chi connectivity index (χ2v) is 4.45. The molecule has 2 rings (SSSR count). The summed E-state index contributed by atoms with van der Waals surface area (Å²) >= 11 is 5.71. The smallest absolute Gasteiger partial charge is 0.102 e. The van der Waals surface area contributed by atoms with Crippen molar-refractivity contribution >= 4 is 39.7 Å². The van der Waals surface area contributed by atoms with E-state index in [0.717, 1.165) is 14.3 Å². The van der Waals surface area contributed by atoms with Gasteiger partial charge in [0, 0.05) is 15.8 Å². The molecule has 0 aliphatic carbocycles. The molecule has 2 aromatic rings. The maximum absolute atomic E-state index is 8.85. The molecule has 0 atom stereocenters. The molecule has 0 aliphatic rings. The summed E-state index contributed by atoms with van der Waals surface area (Å²) in [5.41, 5.74) is 6.98. The summed E-state index contributed by atoms with van der Waals surface area (Å²) in [5, 5.41) is 9.79. The Kier molecular flexibility index (Phi) is 1.91. The highest BCUT2D eigenvalue weighted by atomic mass is 32.2. The summed E-state index contributed by atoms with van der Waals surface area (Å²) < 4.78 is 1.77. The third kappa shape index (κ3) is 1.26. The molecular formula is C9H6N2S2. The van der Waals surface area contributed by atoms with E-state index in [0.29, 0.717) is 11.3 Å². The van der Waals surface area contributed by atoms with E-state index in [1.807, 2.05) is 12.1 Å². The molecule has 0 amide bonds.